The van der Waals surface area contributed by atoms with E-state index < -0.39 is 0 Å². The third-order valence-electron chi connectivity index (χ3n) is 14.8. The van der Waals surface area contributed by atoms with Crippen LogP contribution in [0.25, 0.3) is 66.8 Å². The van der Waals surface area contributed by atoms with Crippen molar-refractivity contribution in [3.63, 3.8) is 0 Å². The van der Waals surface area contributed by atoms with Gasteiger partial charge in [-0.1, -0.05) is 224 Å². The topological polar surface area (TPSA) is 24.9 Å². The zero-order chi connectivity index (χ0) is 54.9. The molecule has 0 unspecified atom stereocenters. The quantitative estimate of drug-likeness (QED) is 0.0963. The van der Waals surface area contributed by atoms with E-state index in [1.54, 1.807) is 0 Å². The fourth-order valence-electron chi connectivity index (χ4n) is 10.6. The van der Waals surface area contributed by atoms with Crippen LogP contribution in [0.5, 0.6) is 23.0 Å². The van der Waals surface area contributed by atoms with Crippen LogP contribution in [0, 0.1) is 0 Å². The van der Waals surface area contributed by atoms with Gasteiger partial charge in [0, 0.05) is 46.3 Å². The van der Waals surface area contributed by atoms with Gasteiger partial charge in [0.25, 0.3) is 0 Å². The summed E-state index contributed by atoms with van der Waals surface area (Å²) in [5, 5.41) is 0. The van der Waals surface area contributed by atoms with Crippen molar-refractivity contribution in [1.82, 2.24) is 0 Å². The summed E-state index contributed by atoms with van der Waals surface area (Å²) in [4.78, 5) is 4.56. The van der Waals surface area contributed by atoms with E-state index in [2.05, 4.69) is 289 Å². The van der Waals surface area contributed by atoms with Crippen molar-refractivity contribution in [2.45, 2.75) is 0 Å². The van der Waals surface area contributed by atoms with Crippen molar-refractivity contribution in [3.05, 3.63) is 340 Å². The number of hydrogen-bond donors (Lipinski definition) is 0. The molecule has 4 heteroatoms. The summed E-state index contributed by atoms with van der Waals surface area (Å²) in [6, 6.07) is 119. The molecule has 0 aliphatic rings. The van der Waals surface area contributed by atoms with Crippen LogP contribution >= 0.6 is 0 Å². The summed E-state index contributed by atoms with van der Waals surface area (Å²) < 4.78 is 13.2. The van der Waals surface area contributed by atoms with Crippen LogP contribution < -0.4 is 19.3 Å². The van der Waals surface area contributed by atoms with Crippen LogP contribution in [0.3, 0.4) is 0 Å². The Bertz CT molecular complexity index is 3750. The summed E-state index contributed by atoms with van der Waals surface area (Å²) in [6.07, 6.45) is 0. The molecule has 0 saturated carbocycles. The van der Waals surface area contributed by atoms with Crippen molar-refractivity contribution in [2.75, 3.05) is 9.80 Å². The molecule has 390 valence electrons. The molecular formula is C78H56N2O2. The Morgan fingerprint density at radius 3 is 0.671 bits per heavy atom. The molecule has 0 spiro atoms. The van der Waals surface area contributed by atoms with Gasteiger partial charge in [-0.05, 0) is 170 Å². The van der Waals surface area contributed by atoms with Crippen molar-refractivity contribution in [2.24, 2.45) is 0 Å². The monoisotopic (exact) mass is 1050 g/mol. The molecule has 0 aliphatic heterocycles. The summed E-state index contributed by atoms with van der Waals surface area (Å²) in [7, 11) is 0. The number of anilines is 6. The molecule has 0 N–H and O–H groups in total. The first-order chi connectivity index (χ1) is 40.6. The molecule has 0 fully saturated rings. The Balaban J connectivity index is 0.706. The number of benzene rings is 13. The van der Waals surface area contributed by atoms with Crippen LogP contribution in [-0.4, -0.2) is 0 Å². The van der Waals surface area contributed by atoms with Crippen molar-refractivity contribution in [3.8, 4) is 89.8 Å². The Morgan fingerprint density at radius 2 is 0.378 bits per heavy atom. The molecule has 13 aromatic rings. The van der Waals surface area contributed by atoms with E-state index in [-0.39, 0.29) is 0 Å². The van der Waals surface area contributed by atoms with Crippen molar-refractivity contribution < 1.29 is 9.47 Å². The van der Waals surface area contributed by atoms with E-state index in [9.17, 15) is 0 Å². The minimum Gasteiger partial charge on any atom is -0.457 e. The highest BCUT2D eigenvalue weighted by atomic mass is 16.5. The van der Waals surface area contributed by atoms with Crippen molar-refractivity contribution >= 4 is 34.1 Å². The van der Waals surface area contributed by atoms with E-state index in [0.29, 0.717) is 0 Å². The van der Waals surface area contributed by atoms with Crippen LogP contribution in [0.1, 0.15) is 0 Å². The maximum Gasteiger partial charge on any atom is 0.129 e. The molecule has 4 nitrogen and oxygen atoms in total. The van der Waals surface area contributed by atoms with Crippen LogP contribution in [0.2, 0.25) is 0 Å². The second kappa shape index (κ2) is 23.6. The van der Waals surface area contributed by atoms with E-state index in [1.807, 2.05) is 60.7 Å². The highest BCUT2D eigenvalue weighted by Crippen LogP contribution is 2.42. The lowest BCUT2D eigenvalue weighted by Gasteiger charge is -2.26. The highest BCUT2D eigenvalue weighted by molar-refractivity contribution is 5.83. The molecule has 0 radical (unpaired) electrons. The molecule has 0 saturated heterocycles. The normalized spacial score (nSPS) is 10.9. The number of hydrogen-bond acceptors (Lipinski definition) is 4. The standard InChI is InChI=1S/C78H56N2O2/c1-5-16-57(17-6-1)61-30-42-69(43-31-61)79(70-44-32-62(33-45-70)58-18-7-2-8-19-58)73-26-14-28-77(55-73)81-75-50-38-65(39-51-75)67-24-13-25-68(54-67)66-40-52-76(53-41-66)82-78-29-15-27-74(56-78)80(71-46-34-63(35-47-71)59-20-9-3-10-21-59)72-48-36-64(37-49-72)60-22-11-4-12-23-60/h1-56H. The number of rotatable bonds is 16. The second-order valence-electron chi connectivity index (χ2n) is 20.2. The predicted molar refractivity (Wildman–Crippen MR) is 341 cm³/mol. The van der Waals surface area contributed by atoms with Crippen LogP contribution in [0.15, 0.2) is 340 Å². The Kier molecular flexibility index (Phi) is 14.5. The second-order valence-corrected chi connectivity index (χ2v) is 20.2. The zero-order valence-corrected chi connectivity index (χ0v) is 45.0. The molecular weight excluding hydrogens is 997 g/mol. The van der Waals surface area contributed by atoms with E-state index in [4.69, 9.17) is 9.47 Å². The fourth-order valence-corrected chi connectivity index (χ4v) is 10.6. The Hall–Kier alpha value is -10.9. The third-order valence-corrected chi connectivity index (χ3v) is 14.8. The summed E-state index contributed by atoms with van der Waals surface area (Å²) >= 11 is 0. The van der Waals surface area contributed by atoms with E-state index in [0.717, 1.165) is 79.4 Å². The predicted octanol–water partition coefficient (Wildman–Crippen LogP) is 22.2. The van der Waals surface area contributed by atoms with Gasteiger partial charge < -0.3 is 19.3 Å². The first kappa shape index (κ1) is 50.6. The smallest absolute Gasteiger partial charge is 0.129 e. The van der Waals surface area contributed by atoms with Crippen LogP contribution in [0.4, 0.5) is 34.1 Å². The molecule has 13 rings (SSSR count). The molecule has 0 aromatic heterocycles. The summed E-state index contributed by atoms with van der Waals surface area (Å²) in [6.45, 7) is 0. The van der Waals surface area contributed by atoms with Gasteiger partial charge in [-0.25, -0.2) is 0 Å². The van der Waals surface area contributed by atoms with E-state index in [1.165, 1.54) is 44.5 Å². The van der Waals surface area contributed by atoms with Gasteiger partial charge in [-0.2, -0.15) is 0 Å². The molecule has 0 atom stereocenters. The van der Waals surface area contributed by atoms with Gasteiger partial charge in [-0.3, -0.25) is 0 Å². The maximum atomic E-state index is 6.59. The maximum absolute atomic E-state index is 6.59. The summed E-state index contributed by atoms with van der Waals surface area (Å²) in [5.74, 6) is 3.01. The van der Waals surface area contributed by atoms with E-state index >= 15 is 0 Å². The molecule has 0 bridgehead atoms. The van der Waals surface area contributed by atoms with Gasteiger partial charge in [0.2, 0.25) is 0 Å². The van der Waals surface area contributed by atoms with Gasteiger partial charge in [-0.15, -0.1) is 0 Å². The Morgan fingerprint density at radius 1 is 0.146 bits per heavy atom. The molecule has 0 amide bonds. The SMILES string of the molecule is c1ccc(-c2ccc(N(c3ccc(-c4ccccc4)cc3)c3cccc(Oc4ccc(-c5cccc(-c6ccc(Oc7cccc(N(c8ccc(-c9ccccc9)cc8)c8ccc(-c9ccccc9)cc8)c7)cc6)c5)cc4)c3)cc2)cc1. The average Bonchev–Trinajstić information content (AvgIpc) is 3.73. The minimum atomic E-state index is 0.746. The van der Waals surface area contributed by atoms with Gasteiger partial charge in [0.05, 0.1) is 0 Å². The summed E-state index contributed by atoms with van der Waals surface area (Å²) in [5.41, 5.74) is 20.0. The Labute approximate surface area is 480 Å². The lowest BCUT2D eigenvalue weighted by atomic mass is 9.99. The number of ether oxygens (including phenoxy) is 2. The lowest BCUT2D eigenvalue weighted by Crippen LogP contribution is -2.10. The minimum absolute atomic E-state index is 0.746. The highest BCUT2D eigenvalue weighted by Gasteiger charge is 2.17. The lowest BCUT2D eigenvalue weighted by molar-refractivity contribution is 0.482. The zero-order valence-electron chi connectivity index (χ0n) is 45.0. The van der Waals surface area contributed by atoms with Crippen molar-refractivity contribution in [1.29, 1.82) is 0 Å². The average molecular weight is 1050 g/mol. The first-order valence-electron chi connectivity index (χ1n) is 27.7. The number of nitrogens with zero attached hydrogens (tertiary/aromatic N) is 2. The molecule has 0 aliphatic carbocycles. The fraction of sp³-hybridized carbons (Fsp3) is 0. The molecule has 0 heterocycles. The molecule has 82 heavy (non-hydrogen) atoms. The van der Waals surface area contributed by atoms with Gasteiger partial charge >= 0.3 is 0 Å². The first-order valence-corrected chi connectivity index (χ1v) is 27.7. The van der Waals surface area contributed by atoms with Gasteiger partial charge in [0.15, 0.2) is 0 Å². The third kappa shape index (κ3) is 11.5. The molecule has 13 aromatic carbocycles. The van der Waals surface area contributed by atoms with Gasteiger partial charge in [0.1, 0.15) is 23.0 Å². The van der Waals surface area contributed by atoms with Crippen LogP contribution in [-0.2, 0) is 0 Å². The largest absolute Gasteiger partial charge is 0.457 e.